The number of hydrogen-bond acceptors (Lipinski definition) is 4. The van der Waals surface area contributed by atoms with Gasteiger partial charge in [0, 0.05) is 6.04 Å². The number of carbonyl (C=O) groups excluding carboxylic acids is 2. The molecule has 0 saturated heterocycles. The third-order valence-electron chi connectivity index (χ3n) is 4.41. The van der Waals surface area contributed by atoms with Crippen LogP contribution in [0.25, 0.3) is 0 Å². The number of carbonyl (C=O) groups is 2. The van der Waals surface area contributed by atoms with E-state index in [-0.39, 0.29) is 23.3 Å². The van der Waals surface area contributed by atoms with E-state index < -0.39 is 18.7 Å². The van der Waals surface area contributed by atoms with Crippen molar-refractivity contribution in [2.24, 2.45) is 5.92 Å². The van der Waals surface area contributed by atoms with Crippen molar-refractivity contribution in [3.63, 3.8) is 0 Å². The molecule has 0 radical (unpaired) electrons. The first-order valence-corrected chi connectivity index (χ1v) is 8.43. The van der Waals surface area contributed by atoms with Crippen LogP contribution in [0.4, 0.5) is 8.78 Å². The van der Waals surface area contributed by atoms with Crippen LogP contribution in [0, 0.1) is 5.92 Å². The van der Waals surface area contributed by atoms with Gasteiger partial charge in [-0.3, -0.25) is 4.79 Å². The van der Waals surface area contributed by atoms with Crippen molar-refractivity contribution in [1.29, 1.82) is 0 Å². The van der Waals surface area contributed by atoms with E-state index in [2.05, 4.69) is 17.0 Å². The quantitative estimate of drug-likeness (QED) is 0.793. The fourth-order valence-corrected chi connectivity index (χ4v) is 2.89. The monoisotopic (exact) mass is 355 g/mol. The van der Waals surface area contributed by atoms with Gasteiger partial charge in [-0.25, -0.2) is 4.79 Å². The number of rotatable bonds is 6. The molecule has 1 amide bonds. The van der Waals surface area contributed by atoms with Gasteiger partial charge < -0.3 is 14.8 Å². The Hall–Kier alpha value is -2.18. The maximum atomic E-state index is 12.2. The molecular formula is C18H23F2NO4. The highest BCUT2D eigenvalue weighted by Crippen LogP contribution is 2.24. The van der Waals surface area contributed by atoms with Gasteiger partial charge >= 0.3 is 12.6 Å². The molecule has 0 unspecified atom stereocenters. The summed E-state index contributed by atoms with van der Waals surface area (Å²) in [4.78, 5) is 24.3. The van der Waals surface area contributed by atoms with Crippen LogP contribution in [0.2, 0.25) is 0 Å². The van der Waals surface area contributed by atoms with Gasteiger partial charge in [0.1, 0.15) is 5.75 Å². The van der Waals surface area contributed by atoms with Gasteiger partial charge in [0.2, 0.25) is 0 Å². The van der Waals surface area contributed by atoms with Gasteiger partial charge in [-0.05, 0) is 49.9 Å². The highest BCUT2D eigenvalue weighted by molar-refractivity contribution is 5.92. The number of ether oxygens (including phenoxy) is 2. The van der Waals surface area contributed by atoms with Crippen LogP contribution in [-0.4, -0.2) is 30.6 Å². The van der Waals surface area contributed by atoms with Crippen LogP contribution in [0.5, 0.6) is 5.75 Å². The number of esters is 1. The van der Waals surface area contributed by atoms with Crippen molar-refractivity contribution in [2.45, 2.75) is 58.3 Å². The summed E-state index contributed by atoms with van der Waals surface area (Å²) in [5.74, 6) is -0.667. The van der Waals surface area contributed by atoms with Crippen LogP contribution in [0.1, 0.15) is 49.9 Å². The minimum Gasteiger partial charge on any atom is -0.449 e. The van der Waals surface area contributed by atoms with E-state index in [4.69, 9.17) is 4.74 Å². The first kappa shape index (κ1) is 19.1. The lowest BCUT2D eigenvalue weighted by Crippen LogP contribution is -2.45. The van der Waals surface area contributed by atoms with E-state index in [1.54, 1.807) is 0 Å². The van der Waals surface area contributed by atoms with Crippen molar-refractivity contribution < 1.29 is 27.8 Å². The second-order valence-electron chi connectivity index (χ2n) is 6.33. The molecule has 0 bridgehead atoms. The molecule has 7 heteroatoms. The van der Waals surface area contributed by atoms with E-state index in [1.165, 1.54) is 37.6 Å². The molecule has 1 fully saturated rings. The number of alkyl halides is 2. The zero-order chi connectivity index (χ0) is 18.4. The van der Waals surface area contributed by atoms with Crippen molar-refractivity contribution in [2.75, 3.05) is 0 Å². The smallest absolute Gasteiger partial charge is 0.387 e. The van der Waals surface area contributed by atoms with Crippen molar-refractivity contribution in [3.8, 4) is 5.75 Å². The zero-order valence-corrected chi connectivity index (χ0v) is 14.3. The fourth-order valence-electron chi connectivity index (χ4n) is 2.89. The number of benzene rings is 1. The van der Waals surface area contributed by atoms with E-state index in [0.29, 0.717) is 5.92 Å². The predicted molar refractivity (Wildman–Crippen MR) is 87.5 cm³/mol. The molecule has 0 spiro atoms. The Labute approximate surface area is 145 Å². The number of hydrogen-bond donors (Lipinski definition) is 1. The summed E-state index contributed by atoms with van der Waals surface area (Å²) in [7, 11) is 0. The Morgan fingerprint density at radius 2 is 1.80 bits per heavy atom. The van der Waals surface area contributed by atoms with Gasteiger partial charge in [-0.15, -0.1) is 0 Å². The molecule has 0 aliphatic heterocycles. The van der Waals surface area contributed by atoms with Gasteiger partial charge in [0.05, 0.1) is 5.56 Å². The molecule has 5 nitrogen and oxygen atoms in total. The SMILES string of the molecule is C[C@@H](OC(=O)c1ccc(OC(F)F)cc1)C(=O)N[C@H]1CCCC[C@@H]1C. The normalized spacial score (nSPS) is 21.5. The average Bonchev–Trinajstić information content (AvgIpc) is 2.56. The summed E-state index contributed by atoms with van der Waals surface area (Å²) in [6, 6.07) is 5.23. The lowest BCUT2D eigenvalue weighted by molar-refractivity contribution is -0.130. The minimum atomic E-state index is -2.93. The van der Waals surface area contributed by atoms with E-state index >= 15 is 0 Å². The maximum absolute atomic E-state index is 12.2. The van der Waals surface area contributed by atoms with Crippen molar-refractivity contribution in [1.82, 2.24) is 5.32 Å². The summed E-state index contributed by atoms with van der Waals surface area (Å²) >= 11 is 0. The molecule has 1 aromatic carbocycles. The van der Waals surface area contributed by atoms with Crippen LogP contribution in [-0.2, 0) is 9.53 Å². The third-order valence-corrected chi connectivity index (χ3v) is 4.41. The molecule has 1 aliphatic rings. The largest absolute Gasteiger partial charge is 0.449 e. The summed E-state index contributed by atoms with van der Waals surface area (Å²) < 4.78 is 33.6. The highest BCUT2D eigenvalue weighted by atomic mass is 19.3. The fraction of sp³-hybridized carbons (Fsp3) is 0.556. The lowest BCUT2D eigenvalue weighted by Gasteiger charge is -2.30. The summed E-state index contributed by atoms with van der Waals surface area (Å²) in [6.07, 6.45) is 3.32. The van der Waals surface area contributed by atoms with Gasteiger partial charge in [-0.1, -0.05) is 19.8 Å². The third kappa shape index (κ3) is 5.69. The Morgan fingerprint density at radius 1 is 1.16 bits per heavy atom. The molecule has 0 heterocycles. The molecule has 2 rings (SSSR count). The van der Waals surface area contributed by atoms with Gasteiger partial charge in [-0.2, -0.15) is 8.78 Å². The first-order valence-electron chi connectivity index (χ1n) is 8.43. The van der Waals surface area contributed by atoms with Crippen LogP contribution >= 0.6 is 0 Å². The molecule has 3 atom stereocenters. The molecule has 0 aromatic heterocycles. The molecule has 138 valence electrons. The predicted octanol–water partition coefficient (Wildman–Crippen LogP) is 3.53. The molecule has 25 heavy (non-hydrogen) atoms. The van der Waals surface area contributed by atoms with Crippen LogP contribution in [0.3, 0.4) is 0 Å². The standard InChI is InChI=1S/C18H23F2NO4/c1-11-5-3-4-6-15(11)21-16(22)12(2)24-17(23)13-7-9-14(10-8-13)25-18(19)20/h7-12,15,18H,3-6H2,1-2H3,(H,21,22)/t11-,12+,15-/m0/s1. The summed E-state index contributed by atoms with van der Waals surface area (Å²) in [5.41, 5.74) is 0.160. The number of nitrogens with one attached hydrogen (secondary N) is 1. The Kier molecular flexibility index (Phi) is 6.73. The Bertz CT molecular complexity index is 591. The maximum Gasteiger partial charge on any atom is 0.387 e. The van der Waals surface area contributed by atoms with Gasteiger partial charge in [0.15, 0.2) is 6.10 Å². The van der Waals surface area contributed by atoms with E-state index in [0.717, 1.165) is 19.3 Å². The first-order chi connectivity index (χ1) is 11.9. The average molecular weight is 355 g/mol. The molecule has 1 saturated carbocycles. The van der Waals surface area contributed by atoms with Crippen molar-refractivity contribution in [3.05, 3.63) is 29.8 Å². The minimum absolute atomic E-state index is 0.0522. The lowest BCUT2D eigenvalue weighted by atomic mass is 9.86. The Balaban J connectivity index is 1.87. The number of halogens is 2. The molecule has 1 aliphatic carbocycles. The zero-order valence-electron chi connectivity index (χ0n) is 14.3. The van der Waals surface area contributed by atoms with E-state index in [9.17, 15) is 18.4 Å². The second-order valence-corrected chi connectivity index (χ2v) is 6.33. The van der Waals surface area contributed by atoms with E-state index in [1.807, 2.05) is 0 Å². The van der Waals surface area contributed by atoms with Crippen LogP contribution < -0.4 is 10.1 Å². The molecule has 1 aromatic rings. The molecule has 1 N–H and O–H groups in total. The molecular weight excluding hydrogens is 332 g/mol. The van der Waals surface area contributed by atoms with Crippen molar-refractivity contribution >= 4 is 11.9 Å². The highest BCUT2D eigenvalue weighted by Gasteiger charge is 2.26. The number of amides is 1. The topological polar surface area (TPSA) is 64.6 Å². The summed E-state index contributed by atoms with van der Waals surface area (Å²) in [6.45, 7) is 0.683. The summed E-state index contributed by atoms with van der Waals surface area (Å²) in [5, 5.41) is 2.94. The second kappa shape index (κ2) is 8.78. The Morgan fingerprint density at radius 3 is 2.40 bits per heavy atom. The van der Waals surface area contributed by atoms with Crippen LogP contribution in [0.15, 0.2) is 24.3 Å². The van der Waals surface area contributed by atoms with Gasteiger partial charge in [0.25, 0.3) is 5.91 Å².